The summed E-state index contributed by atoms with van der Waals surface area (Å²) in [4.78, 5) is 2.69. The molecule has 2 bridgehead atoms. The molecule has 0 aromatic heterocycles. The molecule has 0 spiro atoms. The summed E-state index contributed by atoms with van der Waals surface area (Å²) in [5.41, 5.74) is 7.58. The number of hydrogen-bond donors (Lipinski definition) is 1. The Kier molecular flexibility index (Phi) is 3.41. The van der Waals surface area contributed by atoms with Gasteiger partial charge in [0.05, 0.1) is 0 Å². The van der Waals surface area contributed by atoms with Crippen LogP contribution in [0, 0.1) is 0 Å². The number of rotatable bonds is 2. The van der Waals surface area contributed by atoms with Crippen LogP contribution in [0.1, 0.15) is 18.4 Å². The molecule has 2 atom stereocenters. The van der Waals surface area contributed by atoms with Gasteiger partial charge in [0, 0.05) is 36.2 Å². The monoisotopic (exact) mass is 248 g/mol. The summed E-state index contributed by atoms with van der Waals surface area (Å²) in [6.45, 7) is 1.10. The van der Waals surface area contributed by atoms with Gasteiger partial charge in [0.15, 0.2) is 0 Å². The first-order chi connectivity index (χ1) is 8.33. The van der Waals surface area contributed by atoms with Crippen LogP contribution in [-0.2, 0) is 6.54 Å². The predicted octanol–water partition coefficient (Wildman–Crippen LogP) is 2.09. The van der Waals surface area contributed by atoms with E-state index in [2.05, 4.69) is 47.0 Å². The quantitative estimate of drug-likeness (QED) is 0.869. The van der Waals surface area contributed by atoms with Crippen molar-refractivity contribution in [2.75, 3.05) is 11.5 Å². The molecule has 2 N–H and O–H groups in total. The third-order valence-corrected chi connectivity index (χ3v) is 5.16. The Morgan fingerprint density at radius 1 is 1.12 bits per heavy atom. The molecule has 0 amide bonds. The first kappa shape index (κ1) is 11.6. The molecule has 1 aromatic carbocycles. The van der Waals surface area contributed by atoms with Crippen molar-refractivity contribution in [3.8, 4) is 0 Å². The van der Waals surface area contributed by atoms with E-state index in [1.807, 2.05) is 0 Å². The summed E-state index contributed by atoms with van der Waals surface area (Å²) in [6, 6.07) is 12.6. The zero-order chi connectivity index (χ0) is 11.7. The van der Waals surface area contributed by atoms with Gasteiger partial charge in [-0.3, -0.25) is 4.90 Å². The zero-order valence-corrected chi connectivity index (χ0v) is 10.9. The van der Waals surface area contributed by atoms with Gasteiger partial charge in [-0.25, -0.2) is 0 Å². The fourth-order valence-corrected chi connectivity index (χ4v) is 4.42. The standard InChI is InChI=1S/C14H20N2S/c15-12-6-13-9-17-10-14(7-12)16(13)8-11-4-2-1-3-5-11/h1-5,12-14H,6-10,15H2. The smallest absolute Gasteiger partial charge is 0.0240 e. The maximum atomic E-state index is 6.14. The molecular weight excluding hydrogens is 228 g/mol. The molecule has 2 fully saturated rings. The lowest BCUT2D eigenvalue weighted by atomic mass is 9.92. The highest BCUT2D eigenvalue weighted by Crippen LogP contribution is 2.33. The van der Waals surface area contributed by atoms with Crippen LogP contribution in [0.5, 0.6) is 0 Å². The Morgan fingerprint density at radius 2 is 1.76 bits per heavy atom. The minimum absolute atomic E-state index is 0.429. The predicted molar refractivity (Wildman–Crippen MR) is 74.1 cm³/mol. The second kappa shape index (κ2) is 5.01. The van der Waals surface area contributed by atoms with E-state index in [1.54, 1.807) is 0 Å². The molecule has 2 nitrogen and oxygen atoms in total. The molecule has 0 radical (unpaired) electrons. The number of hydrogen-bond acceptors (Lipinski definition) is 3. The van der Waals surface area contributed by atoms with Gasteiger partial charge >= 0.3 is 0 Å². The molecule has 0 aliphatic carbocycles. The normalized spacial score (nSPS) is 33.6. The number of nitrogens with two attached hydrogens (primary N) is 1. The van der Waals surface area contributed by atoms with Crippen LogP contribution in [0.15, 0.2) is 30.3 Å². The Labute approximate surface area is 108 Å². The van der Waals surface area contributed by atoms with Crippen molar-refractivity contribution in [3.05, 3.63) is 35.9 Å². The van der Waals surface area contributed by atoms with Gasteiger partial charge < -0.3 is 5.73 Å². The van der Waals surface area contributed by atoms with E-state index in [9.17, 15) is 0 Å². The van der Waals surface area contributed by atoms with Crippen molar-refractivity contribution in [1.29, 1.82) is 0 Å². The van der Waals surface area contributed by atoms with Gasteiger partial charge in [-0.2, -0.15) is 11.8 Å². The van der Waals surface area contributed by atoms with Crippen LogP contribution in [0.25, 0.3) is 0 Å². The fraction of sp³-hybridized carbons (Fsp3) is 0.571. The van der Waals surface area contributed by atoms with Gasteiger partial charge in [0.1, 0.15) is 0 Å². The average molecular weight is 248 g/mol. The molecule has 2 aliphatic rings. The molecule has 2 heterocycles. The van der Waals surface area contributed by atoms with Crippen molar-refractivity contribution in [3.63, 3.8) is 0 Å². The number of fused-ring (bicyclic) bond motifs is 2. The third kappa shape index (κ3) is 2.51. The van der Waals surface area contributed by atoms with Crippen LogP contribution in [0.2, 0.25) is 0 Å². The summed E-state index contributed by atoms with van der Waals surface area (Å²) in [7, 11) is 0. The number of benzene rings is 1. The van der Waals surface area contributed by atoms with Gasteiger partial charge in [-0.05, 0) is 18.4 Å². The number of nitrogens with zero attached hydrogens (tertiary/aromatic N) is 1. The lowest BCUT2D eigenvalue weighted by Crippen LogP contribution is -2.56. The number of piperidine rings is 1. The molecule has 92 valence electrons. The first-order valence-electron chi connectivity index (χ1n) is 6.46. The molecule has 0 saturated carbocycles. The molecular formula is C14H20N2S. The number of thioether (sulfide) groups is 1. The van der Waals surface area contributed by atoms with Crippen molar-refractivity contribution in [2.45, 2.75) is 37.5 Å². The average Bonchev–Trinajstić information content (AvgIpc) is 2.32. The molecule has 2 aliphatic heterocycles. The second-order valence-corrected chi connectivity index (χ2v) is 6.31. The van der Waals surface area contributed by atoms with Gasteiger partial charge in [0.2, 0.25) is 0 Å². The molecule has 1 aromatic rings. The minimum Gasteiger partial charge on any atom is -0.328 e. The SMILES string of the molecule is NC1CC2CSCC(C1)N2Cc1ccccc1. The van der Waals surface area contributed by atoms with E-state index in [1.165, 1.54) is 29.9 Å². The van der Waals surface area contributed by atoms with E-state index in [0.717, 1.165) is 6.54 Å². The maximum Gasteiger partial charge on any atom is 0.0240 e. The van der Waals surface area contributed by atoms with Crippen molar-refractivity contribution in [1.82, 2.24) is 4.90 Å². The molecule has 17 heavy (non-hydrogen) atoms. The highest BCUT2D eigenvalue weighted by atomic mass is 32.2. The molecule has 3 heteroatoms. The van der Waals surface area contributed by atoms with Crippen LogP contribution in [-0.4, -0.2) is 34.5 Å². The maximum absolute atomic E-state index is 6.14. The topological polar surface area (TPSA) is 29.3 Å². The summed E-state index contributed by atoms with van der Waals surface area (Å²) in [6.07, 6.45) is 2.35. The summed E-state index contributed by atoms with van der Waals surface area (Å²) in [5.74, 6) is 2.52. The van der Waals surface area contributed by atoms with Crippen molar-refractivity contribution in [2.24, 2.45) is 5.73 Å². The van der Waals surface area contributed by atoms with E-state index in [0.29, 0.717) is 18.1 Å². The van der Waals surface area contributed by atoms with Crippen LogP contribution >= 0.6 is 11.8 Å². The van der Waals surface area contributed by atoms with Crippen LogP contribution in [0.3, 0.4) is 0 Å². The molecule has 2 unspecified atom stereocenters. The first-order valence-corrected chi connectivity index (χ1v) is 7.61. The third-order valence-electron chi connectivity index (χ3n) is 3.92. The summed E-state index contributed by atoms with van der Waals surface area (Å²) in [5, 5.41) is 0. The van der Waals surface area contributed by atoms with Gasteiger partial charge in [0.25, 0.3) is 0 Å². The lowest BCUT2D eigenvalue weighted by molar-refractivity contribution is 0.0835. The minimum atomic E-state index is 0.429. The Balaban J connectivity index is 1.74. The summed E-state index contributed by atoms with van der Waals surface area (Å²) >= 11 is 2.11. The van der Waals surface area contributed by atoms with E-state index < -0.39 is 0 Å². The molecule has 3 rings (SSSR count). The van der Waals surface area contributed by atoms with Gasteiger partial charge in [-0.15, -0.1) is 0 Å². The summed E-state index contributed by atoms with van der Waals surface area (Å²) < 4.78 is 0. The van der Waals surface area contributed by atoms with Crippen molar-refractivity contribution < 1.29 is 0 Å². The zero-order valence-electron chi connectivity index (χ0n) is 10.1. The van der Waals surface area contributed by atoms with Crippen molar-refractivity contribution >= 4 is 11.8 Å². The van der Waals surface area contributed by atoms with Crippen LogP contribution < -0.4 is 5.73 Å². The fourth-order valence-electron chi connectivity index (χ4n) is 3.08. The molecule has 2 saturated heterocycles. The largest absolute Gasteiger partial charge is 0.328 e. The Bertz CT molecular complexity index is 354. The Morgan fingerprint density at radius 3 is 2.41 bits per heavy atom. The highest BCUT2D eigenvalue weighted by Gasteiger charge is 2.37. The second-order valence-electron chi connectivity index (χ2n) is 5.23. The Hall–Kier alpha value is -0.510. The van der Waals surface area contributed by atoms with Crippen LogP contribution in [0.4, 0.5) is 0 Å². The highest BCUT2D eigenvalue weighted by molar-refractivity contribution is 7.99. The van der Waals surface area contributed by atoms with E-state index >= 15 is 0 Å². The van der Waals surface area contributed by atoms with E-state index in [4.69, 9.17) is 5.73 Å². The lowest BCUT2D eigenvalue weighted by Gasteiger charge is -2.47. The van der Waals surface area contributed by atoms with Gasteiger partial charge in [-0.1, -0.05) is 30.3 Å². The van der Waals surface area contributed by atoms with E-state index in [-0.39, 0.29) is 0 Å².